The molecule has 0 saturated carbocycles. The standard InChI is InChI=1S/C21H34F2N4O/c1-4-24-21(25-11-8-17-6-5-7-19(22)20(17)23)26-18-9-12-27(13-10-18)14-15-28-16(2)3/h5-7,16,18H,4,8-15H2,1-3H3,(H2,24,25,26). The number of halogens is 2. The first-order valence-corrected chi connectivity index (χ1v) is 10.3. The van der Waals surface area contributed by atoms with Gasteiger partial charge in [0.25, 0.3) is 0 Å². The van der Waals surface area contributed by atoms with Gasteiger partial charge in [0.1, 0.15) is 0 Å². The Morgan fingerprint density at radius 3 is 2.71 bits per heavy atom. The molecule has 0 radical (unpaired) electrons. The van der Waals surface area contributed by atoms with E-state index in [0.29, 0.717) is 24.6 Å². The third-order valence-electron chi connectivity index (χ3n) is 4.81. The maximum Gasteiger partial charge on any atom is 0.191 e. The minimum atomic E-state index is -0.808. The summed E-state index contributed by atoms with van der Waals surface area (Å²) >= 11 is 0. The second-order valence-electron chi connectivity index (χ2n) is 7.40. The lowest BCUT2D eigenvalue weighted by atomic mass is 10.1. The minimum Gasteiger partial charge on any atom is -0.377 e. The van der Waals surface area contributed by atoms with Gasteiger partial charge in [-0.05, 0) is 51.7 Å². The molecular formula is C21H34F2N4O. The van der Waals surface area contributed by atoms with Crippen LogP contribution in [-0.4, -0.2) is 62.3 Å². The number of benzene rings is 1. The summed E-state index contributed by atoms with van der Waals surface area (Å²) in [4.78, 5) is 6.96. The van der Waals surface area contributed by atoms with Crippen LogP contribution in [0.3, 0.4) is 0 Å². The summed E-state index contributed by atoms with van der Waals surface area (Å²) in [6.45, 7) is 11.1. The molecular weight excluding hydrogens is 362 g/mol. The Morgan fingerprint density at radius 1 is 1.29 bits per heavy atom. The number of aliphatic imine (C=N–C) groups is 1. The average molecular weight is 397 g/mol. The monoisotopic (exact) mass is 396 g/mol. The Kier molecular flexibility index (Phi) is 9.64. The summed E-state index contributed by atoms with van der Waals surface area (Å²) in [7, 11) is 0. The van der Waals surface area contributed by atoms with E-state index >= 15 is 0 Å². The first-order chi connectivity index (χ1) is 13.5. The molecule has 0 bridgehead atoms. The van der Waals surface area contributed by atoms with E-state index in [4.69, 9.17) is 4.74 Å². The van der Waals surface area contributed by atoms with E-state index in [1.54, 1.807) is 6.07 Å². The molecule has 1 aromatic carbocycles. The largest absolute Gasteiger partial charge is 0.377 e. The molecule has 1 aliphatic heterocycles. The van der Waals surface area contributed by atoms with Gasteiger partial charge in [0.15, 0.2) is 17.6 Å². The van der Waals surface area contributed by atoms with Gasteiger partial charge in [-0.15, -0.1) is 0 Å². The SMILES string of the molecule is CCNC(=NCCc1cccc(F)c1F)NC1CCN(CCOC(C)C)CC1. The van der Waals surface area contributed by atoms with Crippen molar-refractivity contribution in [3.05, 3.63) is 35.4 Å². The van der Waals surface area contributed by atoms with Crippen LogP contribution < -0.4 is 10.6 Å². The van der Waals surface area contributed by atoms with Gasteiger partial charge in [-0.1, -0.05) is 12.1 Å². The molecule has 0 spiro atoms. The Morgan fingerprint density at radius 2 is 2.04 bits per heavy atom. The lowest BCUT2D eigenvalue weighted by molar-refractivity contribution is 0.0532. The maximum absolute atomic E-state index is 13.7. The molecule has 0 amide bonds. The van der Waals surface area contributed by atoms with Crippen molar-refractivity contribution in [2.24, 2.45) is 4.99 Å². The van der Waals surface area contributed by atoms with Crippen LogP contribution in [0.4, 0.5) is 8.78 Å². The number of guanidine groups is 1. The van der Waals surface area contributed by atoms with Crippen LogP contribution >= 0.6 is 0 Å². The normalized spacial score (nSPS) is 16.6. The molecule has 2 rings (SSSR count). The summed E-state index contributed by atoms with van der Waals surface area (Å²) in [6.07, 6.45) is 2.74. The number of piperidine rings is 1. The van der Waals surface area contributed by atoms with Crippen LogP contribution in [0.5, 0.6) is 0 Å². The average Bonchev–Trinajstić information content (AvgIpc) is 2.66. The summed E-state index contributed by atoms with van der Waals surface area (Å²) in [5.41, 5.74) is 0.358. The van der Waals surface area contributed by atoms with Crippen molar-refractivity contribution in [3.8, 4) is 0 Å². The van der Waals surface area contributed by atoms with Crippen molar-refractivity contribution >= 4 is 5.96 Å². The van der Waals surface area contributed by atoms with E-state index in [9.17, 15) is 8.78 Å². The maximum atomic E-state index is 13.7. The number of hydrogen-bond acceptors (Lipinski definition) is 3. The predicted octanol–water partition coefficient (Wildman–Crippen LogP) is 2.95. The number of nitrogens with zero attached hydrogens (tertiary/aromatic N) is 2. The van der Waals surface area contributed by atoms with Crippen LogP contribution in [0, 0.1) is 11.6 Å². The fourth-order valence-corrected chi connectivity index (χ4v) is 3.26. The predicted molar refractivity (Wildman–Crippen MR) is 110 cm³/mol. The molecule has 2 N–H and O–H groups in total. The minimum absolute atomic E-state index is 0.277. The summed E-state index contributed by atoms with van der Waals surface area (Å²) in [5, 5.41) is 6.71. The first-order valence-electron chi connectivity index (χ1n) is 10.3. The molecule has 0 unspecified atom stereocenters. The van der Waals surface area contributed by atoms with Crippen molar-refractivity contribution < 1.29 is 13.5 Å². The second kappa shape index (κ2) is 12.0. The number of ether oxygens (including phenoxy) is 1. The highest BCUT2D eigenvalue weighted by molar-refractivity contribution is 5.80. The molecule has 0 aromatic heterocycles. The van der Waals surface area contributed by atoms with E-state index in [1.165, 1.54) is 6.07 Å². The van der Waals surface area contributed by atoms with Crippen LogP contribution in [0.25, 0.3) is 0 Å². The van der Waals surface area contributed by atoms with Crippen LogP contribution in [0.2, 0.25) is 0 Å². The number of likely N-dealkylation sites (tertiary alicyclic amines) is 1. The van der Waals surface area contributed by atoms with Crippen LogP contribution in [0.1, 0.15) is 39.2 Å². The molecule has 1 aromatic rings. The van der Waals surface area contributed by atoms with Gasteiger partial charge < -0.3 is 20.3 Å². The van der Waals surface area contributed by atoms with Gasteiger partial charge in [0, 0.05) is 38.8 Å². The molecule has 1 saturated heterocycles. The van der Waals surface area contributed by atoms with Crippen LogP contribution in [-0.2, 0) is 11.2 Å². The van der Waals surface area contributed by atoms with Gasteiger partial charge in [0.05, 0.1) is 12.7 Å². The molecule has 0 atom stereocenters. The fraction of sp³-hybridized carbons (Fsp3) is 0.667. The summed E-state index contributed by atoms with van der Waals surface area (Å²) in [6, 6.07) is 4.63. The van der Waals surface area contributed by atoms with Crippen molar-refractivity contribution in [1.82, 2.24) is 15.5 Å². The highest BCUT2D eigenvalue weighted by Gasteiger charge is 2.19. The van der Waals surface area contributed by atoms with Crippen LogP contribution in [0.15, 0.2) is 23.2 Å². The lowest BCUT2D eigenvalue weighted by Crippen LogP contribution is -2.49. The Balaban J connectivity index is 1.77. The molecule has 7 heteroatoms. The highest BCUT2D eigenvalue weighted by atomic mass is 19.2. The third kappa shape index (κ3) is 7.72. The van der Waals surface area contributed by atoms with Crippen molar-refractivity contribution in [2.75, 3.05) is 39.3 Å². The number of rotatable bonds is 9. The third-order valence-corrected chi connectivity index (χ3v) is 4.81. The summed E-state index contributed by atoms with van der Waals surface area (Å²) in [5.74, 6) is -0.845. The zero-order valence-corrected chi connectivity index (χ0v) is 17.3. The van der Waals surface area contributed by atoms with Gasteiger partial charge >= 0.3 is 0 Å². The Bertz CT molecular complexity index is 616. The first kappa shape index (κ1) is 22.6. The second-order valence-corrected chi connectivity index (χ2v) is 7.40. The van der Waals surface area contributed by atoms with E-state index in [-0.39, 0.29) is 6.10 Å². The van der Waals surface area contributed by atoms with Gasteiger partial charge in [-0.3, -0.25) is 4.99 Å². The molecule has 1 fully saturated rings. The Labute approximate surface area is 167 Å². The zero-order chi connectivity index (χ0) is 20.4. The molecule has 0 aliphatic carbocycles. The van der Waals surface area contributed by atoms with Gasteiger partial charge in [-0.25, -0.2) is 8.78 Å². The zero-order valence-electron chi connectivity index (χ0n) is 17.3. The molecule has 28 heavy (non-hydrogen) atoms. The lowest BCUT2D eigenvalue weighted by Gasteiger charge is -2.33. The molecule has 1 heterocycles. The van der Waals surface area contributed by atoms with Gasteiger partial charge in [-0.2, -0.15) is 0 Å². The van der Waals surface area contributed by atoms with E-state index < -0.39 is 11.6 Å². The molecule has 1 aliphatic rings. The smallest absolute Gasteiger partial charge is 0.191 e. The quantitative estimate of drug-likeness (QED) is 0.498. The molecule has 158 valence electrons. The van der Waals surface area contributed by atoms with Crippen molar-refractivity contribution in [3.63, 3.8) is 0 Å². The molecule has 5 nitrogen and oxygen atoms in total. The Hall–Kier alpha value is -1.73. The topological polar surface area (TPSA) is 48.9 Å². The van der Waals surface area contributed by atoms with E-state index in [0.717, 1.165) is 57.7 Å². The van der Waals surface area contributed by atoms with Crippen molar-refractivity contribution in [1.29, 1.82) is 0 Å². The van der Waals surface area contributed by atoms with E-state index in [2.05, 4.69) is 34.4 Å². The van der Waals surface area contributed by atoms with Gasteiger partial charge in [0.2, 0.25) is 0 Å². The fourth-order valence-electron chi connectivity index (χ4n) is 3.26. The van der Waals surface area contributed by atoms with Crippen molar-refractivity contribution in [2.45, 2.75) is 52.2 Å². The summed E-state index contributed by atoms with van der Waals surface area (Å²) < 4.78 is 32.7. The number of nitrogens with one attached hydrogen (secondary N) is 2. The number of hydrogen-bond donors (Lipinski definition) is 2. The highest BCUT2D eigenvalue weighted by Crippen LogP contribution is 2.12. The van der Waals surface area contributed by atoms with E-state index in [1.807, 2.05) is 6.92 Å².